The molecule has 0 bridgehead atoms. The molecule has 1 rings (SSSR count). The molecule has 0 saturated carbocycles. The maximum atomic E-state index is 11.9. The van der Waals surface area contributed by atoms with E-state index < -0.39 is 10.0 Å². The third-order valence-corrected chi connectivity index (χ3v) is 4.46. The van der Waals surface area contributed by atoms with Gasteiger partial charge in [0.15, 0.2) is 0 Å². The summed E-state index contributed by atoms with van der Waals surface area (Å²) >= 11 is 0. The predicted molar refractivity (Wildman–Crippen MR) is 74.8 cm³/mol. The van der Waals surface area contributed by atoms with Gasteiger partial charge in [-0.25, -0.2) is 12.7 Å². The lowest BCUT2D eigenvalue weighted by molar-refractivity contribution is 0.300. The number of hydrogen-bond acceptors (Lipinski definition) is 4. The quantitative estimate of drug-likeness (QED) is 0.594. The molecule has 6 nitrogen and oxygen atoms in total. The number of benzene rings is 1. The molecule has 0 heterocycles. The molecule has 1 aromatic rings. The molecule has 0 fully saturated rings. The normalized spacial score (nSPS) is 12.3. The topological polar surface area (TPSA) is 65.3 Å². The zero-order valence-corrected chi connectivity index (χ0v) is 12.6. The van der Waals surface area contributed by atoms with Crippen LogP contribution in [0.15, 0.2) is 39.5 Å². The van der Waals surface area contributed by atoms with Crippen LogP contribution in [-0.2, 0) is 10.0 Å². The van der Waals surface area contributed by atoms with Crippen LogP contribution in [-0.4, -0.2) is 44.9 Å². The van der Waals surface area contributed by atoms with Crippen LogP contribution in [0.3, 0.4) is 0 Å². The van der Waals surface area contributed by atoms with Crippen LogP contribution in [0.1, 0.15) is 13.8 Å². The maximum absolute atomic E-state index is 11.9. The standard InChI is InChI=1S/C12H20N4O2S/c1-5-16(6-2)14-13-11-7-9-12(10-8-11)19(17,18)15(3)4/h7-10H,5-6H2,1-4H3. The monoisotopic (exact) mass is 284 g/mol. The molecule has 1 aromatic carbocycles. The van der Waals surface area contributed by atoms with Crippen molar-refractivity contribution in [1.29, 1.82) is 0 Å². The molecule has 7 heteroatoms. The summed E-state index contributed by atoms with van der Waals surface area (Å²) in [5.41, 5.74) is 0.629. The molecule has 0 aliphatic heterocycles. The molecular weight excluding hydrogens is 264 g/mol. The maximum Gasteiger partial charge on any atom is 0.242 e. The minimum absolute atomic E-state index is 0.249. The molecule has 0 aliphatic carbocycles. The van der Waals surface area contributed by atoms with Gasteiger partial charge in [-0.1, -0.05) is 5.22 Å². The van der Waals surface area contributed by atoms with E-state index in [-0.39, 0.29) is 4.90 Å². The lowest BCUT2D eigenvalue weighted by atomic mass is 10.3. The molecule has 0 unspecified atom stereocenters. The van der Waals surface area contributed by atoms with E-state index in [1.54, 1.807) is 12.1 Å². The lowest BCUT2D eigenvalue weighted by Gasteiger charge is -2.12. The van der Waals surface area contributed by atoms with Gasteiger partial charge in [0.25, 0.3) is 0 Å². The summed E-state index contributed by atoms with van der Waals surface area (Å²) in [5, 5.41) is 9.93. The smallest absolute Gasteiger partial charge is 0.242 e. The molecule has 0 saturated heterocycles. The summed E-state index contributed by atoms with van der Waals surface area (Å²) in [5.74, 6) is 0. The first kappa shape index (κ1) is 15.6. The SMILES string of the molecule is CCN(CC)N=Nc1ccc(S(=O)(=O)N(C)C)cc1. The minimum atomic E-state index is -3.38. The fourth-order valence-electron chi connectivity index (χ4n) is 1.36. The van der Waals surface area contributed by atoms with Crippen molar-refractivity contribution in [2.45, 2.75) is 18.7 Å². The van der Waals surface area contributed by atoms with Crippen molar-refractivity contribution >= 4 is 15.7 Å². The fraction of sp³-hybridized carbons (Fsp3) is 0.500. The zero-order valence-electron chi connectivity index (χ0n) is 11.7. The number of rotatable bonds is 6. The van der Waals surface area contributed by atoms with E-state index in [0.29, 0.717) is 5.69 Å². The predicted octanol–water partition coefficient (Wildman–Crippen LogP) is 2.28. The van der Waals surface area contributed by atoms with Crippen LogP contribution in [0.4, 0.5) is 5.69 Å². The molecule has 0 N–H and O–H groups in total. The molecule has 0 aliphatic rings. The van der Waals surface area contributed by atoms with E-state index in [4.69, 9.17) is 0 Å². The van der Waals surface area contributed by atoms with Crippen LogP contribution in [0, 0.1) is 0 Å². The van der Waals surface area contributed by atoms with E-state index in [1.807, 2.05) is 18.9 Å². The molecular formula is C12H20N4O2S. The average Bonchev–Trinajstić information content (AvgIpc) is 2.40. The molecule has 0 aromatic heterocycles. The van der Waals surface area contributed by atoms with Crippen LogP contribution < -0.4 is 0 Å². The van der Waals surface area contributed by atoms with Gasteiger partial charge in [0.1, 0.15) is 0 Å². The number of hydrogen-bond donors (Lipinski definition) is 0. The zero-order chi connectivity index (χ0) is 14.5. The van der Waals surface area contributed by atoms with Crippen LogP contribution in [0.2, 0.25) is 0 Å². The highest BCUT2D eigenvalue weighted by Crippen LogP contribution is 2.18. The molecule has 0 spiro atoms. The van der Waals surface area contributed by atoms with Gasteiger partial charge in [-0.15, -0.1) is 5.11 Å². The first-order chi connectivity index (χ1) is 8.91. The summed E-state index contributed by atoms with van der Waals surface area (Å²) in [7, 11) is -0.377. The van der Waals surface area contributed by atoms with E-state index >= 15 is 0 Å². The second-order valence-corrected chi connectivity index (χ2v) is 6.26. The molecule has 0 amide bonds. The summed E-state index contributed by atoms with van der Waals surface area (Å²) in [6.45, 7) is 5.56. The highest BCUT2D eigenvalue weighted by molar-refractivity contribution is 7.89. The van der Waals surface area contributed by atoms with Crippen molar-refractivity contribution in [3.63, 3.8) is 0 Å². The van der Waals surface area contributed by atoms with Crippen molar-refractivity contribution in [3.8, 4) is 0 Å². The third kappa shape index (κ3) is 4.00. The van der Waals surface area contributed by atoms with Gasteiger partial charge in [-0.3, -0.25) is 5.01 Å². The van der Waals surface area contributed by atoms with Gasteiger partial charge in [-0.2, -0.15) is 0 Å². The number of nitrogens with zero attached hydrogens (tertiary/aromatic N) is 4. The summed E-state index contributed by atoms with van der Waals surface area (Å²) in [4.78, 5) is 0.249. The van der Waals surface area contributed by atoms with Crippen molar-refractivity contribution in [1.82, 2.24) is 9.31 Å². The Morgan fingerprint density at radius 2 is 1.58 bits per heavy atom. The van der Waals surface area contributed by atoms with E-state index in [9.17, 15) is 8.42 Å². The Labute approximate surface area is 114 Å². The van der Waals surface area contributed by atoms with Gasteiger partial charge in [0, 0.05) is 27.2 Å². The Kier molecular flexibility index (Phi) is 5.44. The second-order valence-electron chi connectivity index (χ2n) is 4.11. The average molecular weight is 284 g/mol. The molecule has 106 valence electrons. The molecule has 0 radical (unpaired) electrons. The third-order valence-electron chi connectivity index (χ3n) is 2.63. The Bertz CT molecular complexity index is 519. The highest BCUT2D eigenvalue weighted by atomic mass is 32.2. The molecule has 19 heavy (non-hydrogen) atoms. The Hall–Kier alpha value is -1.47. The van der Waals surface area contributed by atoms with Crippen LogP contribution in [0.5, 0.6) is 0 Å². The summed E-state index contributed by atoms with van der Waals surface area (Å²) in [6, 6.07) is 6.35. The van der Waals surface area contributed by atoms with E-state index in [1.165, 1.54) is 30.5 Å². The number of sulfonamides is 1. The van der Waals surface area contributed by atoms with Crippen molar-refractivity contribution < 1.29 is 8.42 Å². The first-order valence-electron chi connectivity index (χ1n) is 6.11. The minimum Gasteiger partial charge on any atom is -0.279 e. The van der Waals surface area contributed by atoms with Crippen molar-refractivity contribution in [3.05, 3.63) is 24.3 Å². The van der Waals surface area contributed by atoms with E-state index in [2.05, 4.69) is 10.3 Å². The van der Waals surface area contributed by atoms with Gasteiger partial charge in [-0.05, 0) is 38.1 Å². The first-order valence-corrected chi connectivity index (χ1v) is 7.55. The Morgan fingerprint density at radius 1 is 1.05 bits per heavy atom. The van der Waals surface area contributed by atoms with Gasteiger partial charge >= 0.3 is 0 Å². The highest BCUT2D eigenvalue weighted by Gasteiger charge is 2.16. The van der Waals surface area contributed by atoms with Gasteiger partial charge in [0.2, 0.25) is 10.0 Å². The Balaban J connectivity index is 2.89. The summed E-state index contributed by atoms with van der Waals surface area (Å²) < 4.78 is 24.9. The van der Waals surface area contributed by atoms with Crippen molar-refractivity contribution in [2.24, 2.45) is 10.3 Å². The van der Waals surface area contributed by atoms with Gasteiger partial charge < -0.3 is 0 Å². The van der Waals surface area contributed by atoms with Crippen LogP contribution >= 0.6 is 0 Å². The lowest BCUT2D eigenvalue weighted by Crippen LogP contribution is -2.21. The Morgan fingerprint density at radius 3 is 2.00 bits per heavy atom. The summed E-state index contributed by atoms with van der Waals surface area (Å²) in [6.07, 6.45) is 0. The largest absolute Gasteiger partial charge is 0.279 e. The van der Waals surface area contributed by atoms with E-state index in [0.717, 1.165) is 13.1 Å². The second kappa shape index (κ2) is 6.63. The van der Waals surface area contributed by atoms with Crippen LogP contribution in [0.25, 0.3) is 0 Å². The van der Waals surface area contributed by atoms with Gasteiger partial charge in [0.05, 0.1) is 10.6 Å². The molecule has 0 atom stereocenters. The fourth-order valence-corrected chi connectivity index (χ4v) is 2.26. The van der Waals surface area contributed by atoms with Crippen molar-refractivity contribution in [2.75, 3.05) is 27.2 Å².